The lowest BCUT2D eigenvalue weighted by molar-refractivity contribution is -0.132. The second-order valence-corrected chi connectivity index (χ2v) is 9.03. The van der Waals surface area contributed by atoms with Crippen LogP contribution in [0.4, 0.5) is 0 Å². The number of carbonyl (C=O) groups excluding carboxylic acids is 1. The van der Waals surface area contributed by atoms with E-state index in [1.807, 2.05) is 38.1 Å². The van der Waals surface area contributed by atoms with Crippen molar-refractivity contribution in [2.24, 2.45) is 7.05 Å². The summed E-state index contributed by atoms with van der Waals surface area (Å²) in [5.74, 6) is -0.0651. The van der Waals surface area contributed by atoms with Crippen LogP contribution in [0.2, 0.25) is 0 Å². The van der Waals surface area contributed by atoms with Gasteiger partial charge in [0.1, 0.15) is 0 Å². The van der Waals surface area contributed by atoms with E-state index < -0.39 is 10.2 Å². The Bertz CT molecular complexity index is 1030. The lowest BCUT2D eigenvalue weighted by Gasteiger charge is -2.36. The smallest absolute Gasteiger partial charge is 0.328 e. The third-order valence-electron chi connectivity index (χ3n) is 5.55. The molecule has 1 fully saturated rings. The van der Waals surface area contributed by atoms with Crippen LogP contribution in [0.25, 0.3) is 11.0 Å². The molecule has 0 unspecified atom stereocenters. The number of imidazole rings is 1. The summed E-state index contributed by atoms with van der Waals surface area (Å²) in [6.45, 7) is 6.10. The highest BCUT2D eigenvalue weighted by atomic mass is 32.2. The van der Waals surface area contributed by atoms with Gasteiger partial charge in [0.25, 0.3) is 10.2 Å². The fourth-order valence-corrected chi connectivity index (χ4v) is 5.43. The predicted octanol–water partition coefficient (Wildman–Crippen LogP) is 0.461. The van der Waals surface area contributed by atoms with Crippen molar-refractivity contribution in [1.82, 2.24) is 22.6 Å². The molecule has 1 aromatic heterocycles. The normalized spacial score (nSPS) is 16.1. The number of fused-ring (bicyclic) bond motifs is 1. The zero-order valence-corrected chi connectivity index (χ0v) is 18.1. The first kappa shape index (κ1) is 21.5. The van der Waals surface area contributed by atoms with Crippen LogP contribution in [-0.2, 0) is 28.6 Å². The van der Waals surface area contributed by atoms with E-state index >= 15 is 0 Å². The average molecular weight is 424 g/mol. The predicted molar refractivity (Wildman–Crippen MR) is 112 cm³/mol. The fraction of sp³-hybridized carbons (Fsp3) is 0.579. The van der Waals surface area contributed by atoms with Gasteiger partial charge in [-0.05, 0) is 12.1 Å². The summed E-state index contributed by atoms with van der Waals surface area (Å²) < 4.78 is 31.3. The molecule has 0 spiro atoms. The van der Waals surface area contributed by atoms with E-state index in [9.17, 15) is 18.0 Å². The first-order chi connectivity index (χ1) is 13.8. The van der Waals surface area contributed by atoms with E-state index in [1.54, 1.807) is 21.1 Å². The molecule has 0 saturated carbocycles. The van der Waals surface area contributed by atoms with Gasteiger partial charge in [-0.3, -0.25) is 13.9 Å². The summed E-state index contributed by atoms with van der Waals surface area (Å²) >= 11 is 0. The van der Waals surface area contributed by atoms with Crippen LogP contribution in [0.3, 0.4) is 0 Å². The van der Waals surface area contributed by atoms with Crippen LogP contribution in [0.15, 0.2) is 29.1 Å². The van der Waals surface area contributed by atoms with Gasteiger partial charge in [0, 0.05) is 59.3 Å². The molecule has 0 radical (unpaired) electrons. The summed E-state index contributed by atoms with van der Waals surface area (Å²) in [6, 6.07) is 7.50. The number of para-hydroxylation sites is 2. The lowest BCUT2D eigenvalue weighted by Crippen LogP contribution is -2.54. The number of hydrogen-bond donors (Lipinski definition) is 0. The molecule has 0 N–H and O–H groups in total. The van der Waals surface area contributed by atoms with Crippen LogP contribution in [0.1, 0.15) is 20.3 Å². The Hall–Kier alpha value is -2.17. The number of benzene rings is 1. The van der Waals surface area contributed by atoms with E-state index in [2.05, 4.69) is 0 Å². The SMILES string of the molecule is CCN(CC)S(=O)(=O)N1CCN(C(=O)CCn2c(=O)n(C)c3ccccc32)CC1. The number of nitrogens with zero attached hydrogens (tertiary/aromatic N) is 5. The fourth-order valence-electron chi connectivity index (χ4n) is 3.83. The summed E-state index contributed by atoms with van der Waals surface area (Å²) in [5.41, 5.74) is 1.50. The maximum atomic E-state index is 12.7. The molecule has 1 aromatic carbocycles. The Balaban J connectivity index is 1.62. The average Bonchev–Trinajstić information content (AvgIpc) is 2.97. The Morgan fingerprint density at radius 1 is 1.03 bits per heavy atom. The largest absolute Gasteiger partial charge is 0.340 e. The minimum atomic E-state index is -3.48. The molecule has 2 aromatic rings. The van der Waals surface area contributed by atoms with Crippen LogP contribution in [0.5, 0.6) is 0 Å². The van der Waals surface area contributed by atoms with E-state index in [-0.39, 0.29) is 18.0 Å². The number of piperazine rings is 1. The molecule has 29 heavy (non-hydrogen) atoms. The molecule has 160 valence electrons. The van der Waals surface area contributed by atoms with Gasteiger partial charge in [0.05, 0.1) is 11.0 Å². The zero-order valence-electron chi connectivity index (χ0n) is 17.2. The maximum absolute atomic E-state index is 12.7. The van der Waals surface area contributed by atoms with Crippen molar-refractivity contribution in [3.05, 3.63) is 34.7 Å². The first-order valence-electron chi connectivity index (χ1n) is 9.98. The molecule has 1 aliphatic heterocycles. The third-order valence-corrected chi connectivity index (χ3v) is 7.74. The molecule has 0 aliphatic carbocycles. The van der Waals surface area contributed by atoms with Crippen LogP contribution in [0, 0.1) is 0 Å². The standard InChI is InChI=1S/C19H29N5O4S/c1-4-22(5-2)29(27,28)23-14-12-21(13-15-23)18(25)10-11-24-17-9-7-6-8-16(17)20(3)19(24)26/h6-9H,4-5,10-15H2,1-3H3. The molecule has 2 heterocycles. The number of hydrogen-bond acceptors (Lipinski definition) is 4. The third kappa shape index (κ3) is 4.10. The Morgan fingerprint density at radius 2 is 1.62 bits per heavy atom. The van der Waals surface area contributed by atoms with Gasteiger partial charge < -0.3 is 4.90 Å². The van der Waals surface area contributed by atoms with Crippen LogP contribution < -0.4 is 5.69 Å². The highest BCUT2D eigenvalue weighted by molar-refractivity contribution is 7.86. The van der Waals surface area contributed by atoms with E-state index in [0.717, 1.165) is 11.0 Å². The van der Waals surface area contributed by atoms with Crippen molar-refractivity contribution in [3.63, 3.8) is 0 Å². The van der Waals surface area contributed by atoms with Gasteiger partial charge in [-0.15, -0.1) is 0 Å². The second-order valence-electron chi connectivity index (χ2n) is 7.10. The molecule has 0 atom stereocenters. The van der Waals surface area contributed by atoms with Gasteiger partial charge in [-0.1, -0.05) is 26.0 Å². The number of aromatic nitrogens is 2. The Labute approximate surface area is 171 Å². The van der Waals surface area contributed by atoms with E-state index in [0.29, 0.717) is 45.8 Å². The van der Waals surface area contributed by atoms with Crippen molar-refractivity contribution < 1.29 is 13.2 Å². The molecule has 1 aliphatic rings. The van der Waals surface area contributed by atoms with Gasteiger partial charge in [-0.2, -0.15) is 17.0 Å². The number of aryl methyl sites for hydroxylation is 2. The number of carbonyl (C=O) groups is 1. The van der Waals surface area contributed by atoms with Gasteiger partial charge in [0.2, 0.25) is 5.91 Å². The number of rotatable bonds is 7. The molecule has 3 rings (SSSR count). The Kier molecular flexibility index (Phi) is 6.45. The zero-order chi connectivity index (χ0) is 21.2. The van der Waals surface area contributed by atoms with Crippen LogP contribution >= 0.6 is 0 Å². The van der Waals surface area contributed by atoms with Crippen molar-refractivity contribution in [2.45, 2.75) is 26.8 Å². The van der Waals surface area contributed by atoms with Gasteiger partial charge in [0.15, 0.2) is 0 Å². The van der Waals surface area contributed by atoms with Gasteiger partial charge in [-0.25, -0.2) is 4.79 Å². The second kappa shape index (κ2) is 8.68. The molecule has 10 heteroatoms. The molecular weight excluding hydrogens is 394 g/mol. The molecule has 1 amide bonds. The summed E-state index contributed by atoms with van der Waals surface area (Å²) in [5, 5.41) is 0. The van der Waals surface area contributed by atoms with Gasteiger partial charge >= 0.3 is 5.69 Å². The molecule has 1 saturated heterocycles. The molecular formula is C19H29N5O4S. The minimum Gasteiger partial charge on any atom is -0.340 e. The van der Waals surface area contributed by atoms with Crippen molar-refractivity contribution in [2.75, 3.05) is 39.3 Å². The summed E-state index contributed by atoms with van der Waals surface area (Å²) in [4.78, 5) is 26.8. The lowest BCUT2D eigenvalue weighted by atomic mass is 10.3. The van der Waals surface area contributed by atoms with E-state index in [1.165, 1.54) is 8.61 Å². The van der Waals surface area contributed by atoms with E-state index in [4.69, 9.17) is 0 Å². The quantitative estimate of drug-likeness (QED) is 0.647. The molecule has 0 bridgehead atoms. The van der Waals surface area contributed by atoms with Crippen molar-refractivity contribution in [1.29, 1.82) is 0 Å². The van der Waals surface area contributed by atoms with Crippen LogP contribution in [-0.4, -0.2) is 76.2 Å². The van der Waals surface area contributed by atoms with Crippen molar-refractivity contribution >= 4 is 27.1 Å². The number of amides is 1. The first-order valence-corrected chi connectivity index (χ1v) is 11.4. The minimum absolute atomic E-state index is 0.0651. The summed E-state index contributed by atoms with van der Waals surface area (Å²) in [6.07, 6.45) is 0.205. The highest BCUT2D eigenvalue weighted by Crippen LogP contribution is 2.14. The Morgan fingerprint density at radius 3 is 2.21 bits per heavy atom. The topological polar surface area (TPSA) is 87.9 Å². The molecule has 9 nitrogen and oxygen atoms in total. The monoisotopic (exact) mass is 423 g/mol. The summed E-state index contributed by atoms with van der Waals surface area (Å²) in [7, 11) is -1.75. The maximum Gasteiger partial charge on any atom is 0.328 e. The van der Waals surface area contributed by atoms with Crippen molar-refractivity contribution in [3.8, 4) is 0 Å². The highest BCUT2D eigenvalue weighted by Gasteiger charge is 2.32.